The molecule has 1 aliphatic rings. The molecule has 182 valence electrons. The minimum Gasteiger partial charge on any atom is -0.396 e. The fourth-order valence-electron chi connectivity index (χ4n) is 4.72. The van der Waals surface area contributed by atoms with Crippen molar-refractivity contribution in [3.63, 3.8) is 0 Å². The maximum Gasteiger partial charge on any atom is 0.229 e. The monoisotopic (exact) mass is 479 g/mol. The summed E-state index contributed by atoms with van der Waals surface area (Å²) < 4.78 is 31.1. The third kappa shape index (κ3) is 4.67. The van der Waals surface area contributed by atoms with Crippen LogP contribution in [-0.2, 0) is 6.42 Å². The molecule has 0 radical (unpaired) electrons. The number of aromatic nitrogens is 4. The molecule has 4 heterocycles. The lowest BCUT2D eigenvalue weighted by atomic mass is 9.96. The zero-order valence-electron chi connectivity index (χ0n) is 19.3. The van der Waals surface area contributed by atoms with Gasteiger partial charge in [-0.3, -0.25) is 4.98 Å². The summed E-state index contributed by atoms with van der Waals surface area (Å²) in [5.41, 5.74) is 8.89. The first-order valence-corrected chi connectivity index (χ1v) is 11.6. The molecule has 35 heavy (non-hydrogen) atoms. The number of imidazole rings is 1. The second kappa shape index (κ2) is 9.55. The third-order valence-electron chi connectivity index (χ3n) is 6.22. The maximum absolute atomic E-state index is 14.8. The van der Waals surface area contributed by atoms with Crippen LogP contribution in [-0.4, -0.2) is 50.4 Å². The molecule has 0 bridgehead atoms. The molecule has 0 amide bonds. The van der Waals surface area contributed by atoms with Crippen molar-refractivity contribution in [3.8, 4) is 11.3 Å². The summed E-state index contributed by atoms with van der Waals surface area (Å²) >= 11 is 0. The minimum atomic E-state index is -0.736. The second-order valence-corrected chi connectivity index (χ2v) is 9.07. The molecule has 2 atom stereocenters. The minimum absolute atomic E-state index is 0.0878. The van der Waals surface area contributed by atoms with Crippen molar-refractivity contribution in [2.45, 2.75) is 25.8 Å². The highest BCUT2D eigenvalue weighted by molar-refractivity contribution is 5.74. The molecule has 3 aromatic heterocycles. The quantitative estimate of drug-likeness (QED) is 0.389. The van der Waals surface area contributed by atoms with Crippen LogP contribution in [0.1, 0.15) is 18.9 Å². The Hall–Kier alpha value is -3.63. The fourth-order valence-corrected chi connectivity index (χ4v) is 4.72. The van der Waals surface area contributed by atoms with Gasteiger partial charge in [-0.25, -0.2) is 13.8 Å². The Bertz CT molecular complexity index is 1330. The molecule has 1 aromatic carbocycles. The van der Waals surface area contributed by atoms with Gasteiger partial charge >= 0.3 is 0 Å². The van der Waals surface area contributed by atoms with Crippen molar-refractivity contribution in [2.75, 3.05) is 29.9 Å². The summed E-state index contributed by atoms with van der Waals surface area (Å²) in [5.74, 6) is -0.618. The number of halogens is 2. The van der Waals surface area contributed by atoms with E-state index in [1.54, 1.807) is 30.7 Å². The summed E-state index contributed by atoms with van der Waals surface area (Å²) in [6.45, 7) is 3.61. The van der Waals surface area contributed by atoms with Gasteiger partial charge in [-0.1, -0.05) is 6.92 Å². The number of aliphatic hydroxyl groups excluding tert-OH is 1. The number of hydrogen-bond acceptors (Lipinski definition) is 7. The average molecular weight is 480 g/mol. The normalized spacial score (nSPS) is 18.3. The van der Waals surface area contributed by atoms with Gasteiger partial charge in [-0.15, -0.1) is 0 Å². The van der Waals surface area contributed by atoms with E-state index in [1.807, 2.05) is 6.07 Å². The van der Waals surface area contributed by atoms with E-state index in [0.717, 1.165) is 30.9 Å². The smallest absolute Gasteiger partial charge is 0.229 e. The Balaban J connectivity index is 1.50. The zero-order chi connectivity index (χ0) is 24.5. The van der Waals surface area contributed by atoms with Gasteiger partial charge < -0.3 is 21.1 Å². The molecule has 4 N–H and O–H groups in total. The Kier molecular flexibility index (Phi) is 6.31. The molecule has 10 heteroatoms. The Morgan fingerprint density at radius 2 is 1.94 bits per heavy atom. The Morgan fingerprint density at radius 1 is 1.14 bits per heavy atom. The SMILES string of the molecule is CC1CC(N)CN(c2ccncc2Nc2ncc3ccc(-c4c(F)cc(CCO)cc4F)nn23)C1. The fraction of sp³-hybridized carbons (Fsp3) is 0.320. The number of aliphatic hydroxyl groups is 1. The van der Waals surface area contributed by atoms with Crippen molar-refractivity contribution >= 4 is 22.8 Å². The number of pyridine rings is 1. The molecule has 0 aliphatic carbocycles. The van der Waals surface area contributed by atoms with Gasteiger partial charge in [-0.2, -0.15) is 9.61 Å². The first kappa shape index (κ1) is 23.1. The van der Waals surface area contributed by atoms with Crippen molar-refractivity contribution in [3.05, 3.63) is 66.1 Å². The van der Waals surface area contributed by atoms with E-state index in [2.05, 4.69) is 32.2 Å². The first-order valence-electron chi connectivity index (χ1n) is 11.6. The van der Waals surface area contributed by atoms with Gasteiger partial charge in [-0.05, 0) is 54.7 Å². The Labute approximate surface area is 201 Å². The summed E-state index contributed by atoms with van der Waals surface area (Å²) in [7, 11) is 0. The standard InChI is InChI=1S/C25H27F2N7O/c1-15-8-17(28)14-33(13-15)23-4-6-29-12-22(23)31-25-30-11-18-2-3-21(32-34(18)25)24-19(26)9-16(5-7-35)10-20(24)27/h2-4,6,9-12,15,17,35H,5,7-8,13-14,28H2,1H3,(H,30,31). The third-order valence-corrected chi connectivity index (χ3v) is 6.22. The lowest BCUT2D eigenvalue weighted by Crippen LogP contribution is -2.46. The van der Waals surface area contributed by atoms with Gasteiger partial charge in [0.1, 0.15) is 11.6 Å². The van der Waals surface area contributed by atoms with Crippen LogP contribution in [0.4, 0.5) is 26.1 Å². The van der Waals surface area contributed by atoms with E-state index >= 15 is 0 Å². The number of rotatable bonds is 6. The average Bonchev–Trinajstić information content (AvgIpc) is 3.21. The summed E-state index contributed by atoms with van der Waals surface area (Å²) in [5, 5.41) is 16.8. The van der Waals surface area contributed by atoms with Crippen LogP contribution in [0.2, 0.25) is 0 Å². The number of nitrogens with one attached hydrogen (secondary N) is 1. The lowest BCUT2D eigenvalue weighted by Gasteiger charge is -2.37. The summed E-state index contributed by atoms with van der Waals surface area (Å²) in [6, 6.07) is 7.72. The number of nitrogens with zero attached hydrogens (tertiary/aromatic N) is 5. The highest BCUT2D eigenvalue weighted by Crippen LogP contribution is 2.32. The van der Waals surface area contributed by atoms with Crippen LogP contribution in [0.25, 0.3) is 16.8 Å². The van der Waals surface area contributed by atoms with Gasteiger partial charge in [0.05, 0.1) is 40.5 Å². The molecular weight excluding hydrogens is 452 g/mol. The predicted molar refractivity (Wildman–Crippen MR) is 131 cm³/mol. The molecule has 8 nitrogen and oxygen atoms in total. The molecule has 1 saturated heterocycles. The lowest BCUT2D eigenvalue weighted by molar-refractivity contribution is 0.299. The van der Waals surface area contributed by atoms with Crippen LogP contribution < -0.4 is 16.0 Å². The molecule has 1 fully saturated rings. The van der Waals surface area contributed by atoms with E-state index in [4.69, 9.17) is 10.8 Å². The number of nitrogens with two attached hydrogens (primary N) is 1. The van der Waals surface area contributed by atoms with Crippen molar-refractivity contribution < 1.29 is 13.9 Å². The molecule has 5 rings (SSSR count). The van der Waals surface area contributed by atoms with Crippen molar-refractivity contribution in [1.29, 1.82) is 0 Å². The molecule has 0 saturated carbocycles. The van der Waals surface area contributed by atoms with Crippen LogP contribution in [0.3, 0.4) is 0 Å². The topological polar surface area (TPSA) is 105 Å². The highest BCUT2D eigenvalue weighted by atomic mass is 19.1. The predicted octanol–water partition coefficient (Wildman–Crippen LogP) is 3.52. The zero-order valence-corrected chi connectivity index (χ0v) is 19.3. The van der Waals surface area contributed by atoms with Gasteiger partial charge in [0.2, 0.25) is 5.95 Å². The number of fused-ring (bicyclic) bond motifs is 1. The van der Waals surface area contributed by atoms with Gasteiger partial charge in [0.15, 0.2) is 0 Å². The number of piperidine rings is 1. The second-order valence-electron chi connectivity index (χ2n) is 9.07. The molecule has 2 unspecified atom stereocenters. The largest absolute Gasteiger partial charge is 0.396 e. The number of benzene rings is 1. The number of anilines is 3. The van der Waals surface area contributed by atoms with Crippen LogP contribution >= 0.6 is 0 Å². The summed E-state index contributed by atoms with van der Waals surface area (Å²) in [4.78, 5) is 10.9. The highest BCUT2D eigenvalue weighted by Gasteiger charge is 2.24. The molecule has 1 aliphatic heterocycles. The van der Waals surface area contributed by atoms with E-state index < -0.39 is 11.6 Å². The van der Waals surface area contributed by atoms with E-state index in [0.29, 0.717) is 22.9 Å². The summed E-state index contributed by atoms with van der Waals surface area (Å²) in [6.07, 6.45) is 6.23. The maximum atomic E-state index is 14.8. The van der Waals surface area contributed by atoms with Crippen LogP contribution in [0, 0.1) is 17.6 Å². The molecule has 0 spiro atoms. The van der Waals surface area contributed by atoms with E-state index in [9.17, 15) is 8.78 Å². The van der Waals surface area contributed by atoms with Crippen molar-refractivity contribution in [2.24, 2.45) is 11.7 Å². The molecule has 4 aromatic rings. The van der Waals surface area contributed by atoms with Gasteiger partial charge in [0, 0.05) is 31.9 Å². The van der Waals surface area contributed by atoms with E-state index in [1.165, 1.54) is 16.6 Å². The van der Waals surface area contributed by atoms with Gasteiger partial charge in [0.25, 0.3) is 0 Å². The van der Waals surface area contributed by atoms with Crippen LogP contribution in [0.5, 0.6) is 0 Å². The van der Waals surface area contributed by atoms with E-state index in [-0.39, 0.29) is 30.3 Å². The Morgan fingerprint density at radius 3 is 2.69 bits per heavy atom. The first-order chi connectivity index (χ1) is 16.9. The van der Waals surface area contributed by atoms with Crippen LogP contribution in [0.15, 0.2) is 48.9 Å². The van der Waals surface area contributed by atoms with Crippen molar-refractivity contribution in [1.82, 2.24) is 19.6 Å². The molecular formula is C25H27F2N7O. The number of hydrogen-bond donors (Lipinski definition) is 3.